The Morgan fingerprint density at radius 3 is 1.89 bits per heavy atom. The summed E-state index contributed by atoms with van der Waals surface area (Å²) in [6.07, 6.45) is 0. The molecule has 0 aliphatic carbocycles. The van der Waals surface area contributed by atoms with Crippen molar-refractivity contribution in [2.75, 3.05) is 13.6 Å². The zero-order chi connectivity index (χ0) is 5.86. The molecule has 0 spiro atoms. The van der Waals surface area contributed by atoms with Gasteiger partial charge in [0, 0.05) is 32.7 Å². The van der Waals surface area contributed by atoms with Gasteiger partial charge in [-0.2, -0.15) is 0 Å². The summed E-state index contributed by atoms with van der Waals surface area (Å²) in [4.78, 5) is 2.07. The minimum atomic E-state index is 0. The zero-order valence-electron chi connectivity index (χ0n) is 6.43. The van der Waals surface area contributed by atoms with Gasteiger partial charge in [-0.25, -0.2) is 0 Å². The smallest absolute Gasteiger partial charge is 0 e. The van der Waals surface area contributed by atoms with E-state index in [-0.39, 0.29) is 38.9 Å². The predicted molar refractivity (Wildman–Crippen MR) is 37.8 cm³/mol. The Hall–Kier alpha value is 1.02. The van der Waals surface area contributed by atoms with Crippen LogP contribution in [0.15, 0.2) is 0 Å². The zero-order valence-corrected chi connectivity index (χ0v) is 9.27. The van der Waals surface area contributed by atoms with Gasteiger partial charge in [-0.1, -0.05) is 6.92 Å². The third kappa shape index (κ3) is 9.02. The van der Waals surface area contributed by atoms with Gasteiger partial charge in [-0.05, 0) is 7.05 Å². The van der Waals surface area contributed by atoms with E-state index in [0.29, 0.717) is 6.04 Å². The molecule has 55 valence electrons. The molecule has 0 bridgehead atoms. The second-order valence-electron chi connectivity index (χ2n) is 1.83. The first kappa shape index (κ1) is 16.5. The minimum absolute atomic E-state index is 0. The molecule has 0 aliphatic heterocycles. The molecule has 1 radical (unpaired) electrons. The third-order valence-corrected chi connectivity index (χ3v) is 1.11. The minimum Gasteiger partial charge on any atom is -0.363 e. The molecule has 0 aliphatic rings. The number of nitrogens with zero attached hydrogens (tertiary/aromatic N) is 1. The van der Waals surface area contributed by atoms with Crippen LogP contribution in [0.3, 0.4) is 0 Å². The summed E-state index contributed by atoms with van der Waals surface area (Å²) in [6, 6.07) is 0.387. The van der Waals surface area contributed by atoms with Crippen molar-refractivity contribution in [1.82, 2.24) is 11.1 Å². The Morgan fingerprint density at radius 2 is 1.89 bits per heavy atom. The molecule has 0 saturated carbocycles. The van der Waals surface area contributed by atoms with Gasteiger partial charge < -0.3 is 24.9 Å². The van der Waals surface area contributed by atoms with Gasteiger partial charge >= 0.3 is 0 Å². The van der Waals surface area contributed by atoms with Crippen molar-refractivity contribution in [1.29, 1.82) is 0 Å². The quantitative estimate of drug-likeness (QED) is 0.686. The molecule has 9 heavy (non-hydrogen) atoms. The van der Waals surface area contributed by atoms with Crippen molar-refractivity contribution in [2.45, 2.75) is 13.0 Å². The van der Waals surface area contributed by atoms with Crippen LogP contribution in [-0.2, 0) is 32.7 Å². The predicted octanol–water partition coefficient (Wildman–Crippen LogP) is 1.13. The number of hydrogen-bond donors (Lipinski definition) is 1. The molecule has 0 aromatic carbocycles. The van der Waals surface area contributed by atoms with E-state index < -0.39 is 0 Å². The second-order valence-corrected chi connectivity index (χ2v) is 1.83. The first-order chi connectivity index (χ1) is 3.18. The Bertz CT molecular complexity index is 48.3. The van der Waals surface area contributed by atoms with Gasteiger partial charge in [0.25, 0.3) is 0 Å². The third-order valence-electron chi connectivity index (χ3n) is 1.11. The monoisotopic (exact) mass is 205 g/mol. The molecule has 3 N–H and O–H groups in total. The van der Waals surface area contributed by atoms with Crippen LogP contribution in [0.5, 0.6) is 0 Å². The second kappa shape index (κ2) is 9.02. The standard InChI is InChI=1S/C6H13N.H3N.Y/c1-5-7(4)6(2)3;;/h6H,1-2,5H2,3-4H3;1H3;/q-2;;. The fourth-order valence-corrected chi connectivity index (χ4v) is 0.220. The molecule has 0 heterocycles. The van der Waals surface area contributed by atoms with Crippen molar-refractivity contribution < 1.29 is 32.7 Å². The van der Waals surface area contributed by atoms with Crippen molar-refractivity contribution in [3.8, 4) is 0 Å². The Balaban J connectivity index is -0.000000180. The molecule has 0 fully saturated rings. The number of rotatable bonds is 2. The molecular formula is C6H16N2Y-2. The van der Waals surface area contributed by atoms with Gasteiger partial charge in [0.05, 0.1) is 0 Å². The van der Waals surface area contributed by atoms with Crippen molar-refractivity contribution >= 4 is 0 Å². The van der Waals surface area contributed by atoms with Crippen LogP contribution in [0.2, 0.25) is 0 Å². The van der Waals surface area contributed by atoms with E-state index in [4.69, 9.17) is 0 Å². The Kier molecular flexibility index (Phi) is 16.6. The molecule has 1 unspecified atom stereocenters. The topological polar surface area (TPSA) is 38.2 Å². The maximum Gasteiger partial charge on any atom is 0 e. The van der Waals surface area contributed by atoms with Crippen LogP contribution >= 0.6 is 0 Å². The Morgan fingerprint density at radius 1 is 1.56 bits per heavy atom. The molecule has 1 atom stereocenters. The SMILES string of the molecule is N.[CH2-]CN(C)C([CH2-])C.[Y]. The van der Waals surface area contributed by atoms with Crippen LogP contribution in [0.1, 0.15) is 6.92 Å². The summed E-state index contributed by atoms with van der Waals surface area (Å²) < 4.78 is 0. The molecule has 0 aromatic rings. The van der Waals surface area contributed by atoms with E-state index in [1.807, 2.05) is 14.0 Å². The van der Waals surface area contributed by atoms with E-state index in [0.717, 1.165) is 6.54 Å². The van der Waals surface area contributed by atoms with Crippen LogP contribution in [-0.4, -0.2) is 24.5 Å². The first-order valence-corrected chi connectivity index (χ1v) is 2.51. The van der Waals surface area contributed by atoms with E-state index in [1.54, 1.807) is 0 Å². The maximum atomic E-state index is 3.80. The maximum absolute atomic E-state index is 3.80. The van der Waals surface area contributed by atoms with Crippen LogP contribution in [0.25, 0.3) is 0 Å². The largest absolute Gasteiger partial charge is 0.363 e. The normalized spacial score (nSPS) is 11.7. The molecule has 2 nitrogen and oxygen atoms in total. The van der Waals surface area contributed by atoms with Crippen molar-refractivity contribution in [3.05, 3.63) is 13.8 Å². The summed E-state index contributed by atoms with van der Waals surface area (Å²) >= 11 is 0. The molecule has 0 saturated heterocycles. The Labute approximate surface area is 83.8 Å². The van der Waals surface area contributed by atoms with Gasteiger partial charge in [0.15, 0.2) is 0 Å². The van der Waals surface area contributed by atoms with E-state index in [9.17, 15) is 0 Å². The molecule has 0 amide bonds. The van der Waals surface area contributed by atoms with Crippen LogP contribution < -0.4 is 6.15 Å². The van der Waals surface area contributed by atoms with Crippen LogP contribution in [0, 0.1) is 13.8 Å². The molecular weight excluding hydrogens is 189 g/mol. The van der Waals surface area contributed by atoms with Gasteiger partial charge in [0.2, 0.25) is 0 Å². The van der Waals surface area contributed by atoms with E-state index >= 15 is 0 Å². The molecule has 3 heteroatoms. The van der Waals surface area contributed by atoms with Crippen molar-refractivity contribution in [3.63, 3.8) is 0 Å². The van der Waals surface area contributed by atoms with E-state index in [2.05, 4.69) is 18.7 Å². The van der Waals surface area contributed by atoms with Gasteiger partial charge in [-0.3, -0.25) is 0 Å². The van der Waals surface area contributed by atoms with Gasteiger partial charge in [-0.15, -0.1) is 12.6 Å². The summed E-state index contributed by atoms with van der Waals surface area (Å²) in [7, 11) is 2.00. The van der Waals surface area contributed by atoms with E-state index in [1.165, 1.54) is 0 Å². The summed E-state index contributed by atoms with van der Waals surface area (Å²) in [5.74, 6) is 0. The summed E-state index contributed by atoms with van der Waals surface area (Å²) in [6.45, 7) is 10.4. The fourth-order valence-electron chi connectivity index (χ4n) is 0.220. The summed E-state index contributed by atoms with van der Waals surface area (Å²) in [5, 5.41) is 0. The molecule has 0 rings (SSSR count). The number of hydrogen-bond acceptors (Lipinski definition) is 2. The first-order valence-electron chi connectivity index (χ1n) is 2.51. The van der Waals surface area contributed by atoms with Gasteiger partial charge in [0.1, 0.15) is 0 Å². The van der Waals surface area contributed by atoms with Crippen molar-refractivity contribution in [2.24, 2.45) is 0 Å². The average Bonchev–Trinajstić information content (AvgIpc) is 1.65. The molecule has 0 aromatic heterocycles. The average molecular weight is 205 g/mol. The fraction of sp³-hybridized carbons (Fsp3) is 0.667. The van der Waals surface area contributed by atoms with Crippen LogP contribution in [0.4, 0.5) is 0 Å². The summed E-state index contributed by atoms with van der Waals surface area (Å²) in [5.41, 5.74) is 0.